The summed E-state index contributed by atoms with van der Waals surface area (Å²) in [7, 11) is 1.62. The molecule has 0 aliphatic heterocycles. The van der Waals surface area contributed by atoms with Crippen LogP contribution in [0, 0.1) is 13.8 Å². The van der Waals surface area contributed by atoms with Crippen molar-refractivity contribution in [1.29, 1.82) is 0 Å². The molecule has 4 rings (SSSR count). The third-order valence-electron chi connectivity index (χ3n) is 4.35. The average Bonchev–Trinajstić information content (AvgIpc) is 3.27. The van der Waals surface area contributed by atoms with Gasteiger partial charge < -0.3 is 14.2 Å². The van der Waals surface area contributed by atoms with Gasteiger partial charge in [0.25, 0.3) is 5.56 Å². The third-order valence-corrected chi connectivity index (χ3v) is 6.38. The van der Waals surface area contributed by atoms with Gasteiger partial charge in [-0.05, 0) is 31.5 Å². The monoisotopic (exact) mass is 414 g/mol. The second-order valence-corrected chi connectivity index (χ2v) is 8.40. The molecule has 0 spiro atoms. The van der Waals surface area contributed by atoms with Crippen LogP contribution in [0.25, 0.3) is 21.6 Å². The fraction of sp³-hybridized carbons (Fsp3) is 0.263. The summed E-state index contributed by atoms with van der Waals surface area (Å²) in [5.41, 5.74) is 1.75. The molecule has 144 valence electrons. The van der Waals surface area contributed by atoms with E-state index in [2.05, 4.69) is 20.1 Å². The minimum atomic E-state index is -0.0828. The number of rotatable bonds is 6. The van der Waals surface area contributed by atoms with Gasteiger partial charge in [0, 0.05) is 10.4 Å². The number of hydrogen-bond donors (Lipinski definition) is 1. The number of thioether (sulfide) groups is 1. The van der Waals surface area contributed by atoms with E-state index in [0.717, 1.165) is 26.6 Å². The van der Waals surface area contributed by atoms with E-state index < -0.39 is 0 Å². The summed E-state index contributed by atoms with van der Waals surface area (Å²) in [4.78, 5) is 26.1. The summed E-state index contributed by atoms with van der Waals surface area (Å²) in [6, 6.07) is 7.50. The quantitative estimate of drug-likeness (QED) is 0.508. The molecule has 0 fully saturated rings. The lowest BCUT2D eigenvalue weighted by molar-refractivity contribution is 0.391. The molecule has 28 heavy (non-hydrogen) atoms. The van der Waals surface area contributed by atoms with Crippen molar-refractivity contribution in [1.82, 2.24) is 20.1 Å². The van der Waals surface area contributed by atoms with Gasteiger partial charge in [-0.3, -0.25) is 4.79 Å². The number of benzene rings is 1. The Hall–Kier alpha value is -2.65. The molecular weight excluding hydrogens is 396 g/mol. The van der Waals surface area contributed by atoms with E-state index >= 15 is 0 Å². The minimum Gasteiger partial charge on any atom is -0.497 e. The molecule has 1 N–H and O–H groups in total. The van der Waals surface area contributed by atoms with E-state index in [1.807, 2.05) is 38.1 Å². The molecule has 0 saturated heterocycles. The van der Waals surface area contributed by atoms with E-state index in [1.165, 1.54) is 0 Å². The SMILES string of the molecule is COc1cccc(-c2noc(CSCc3nc4sc(C)c(C)c4c(=O)[nH]3)n2)c1. The summed E-state index contributed by atoms with van der Waals surface area (Å²) in [5, 5.41) is 4.72. The molecule has 9 heteroatoms. The Balaban J connectivity index is 1.44. The third kappa shape index (κ3) is 3.67. The van der Waals surface area contributed by atoms with Gasteiger partial charge in [-0.2, -0.15) is 4.98 Å². The maximum atomic E-state index is 12.3. The number of methoxy groups -OCH3 is 1. The molecule has 3 heterocycles. The molecule has 4 aromatic rings. The van der Waals surface area contributed by atoms with Crippen LogP contribution in [0.4, 0.5) is 0 Å². The number of ether oxygens (including phenoxy) is 1. The van der Waals surface area contributed by atoms with Crippen molar-refractivity contribution < 1.29 is 9.26 Å². The second kappa shape index (κ2) is 7.76. The average molecular weight is 415 g/mol. The molecule has 0 saturated carbocycles. The zero-order valence-electron chi connectivity index (χ0n) is 15.6. The Morgan fingerprint density at radius 1 is 1.25 bits per heavy atom. The first-order chi connectivity index (χ1) is 13.5. The zero-order valence-corrected chi connectivity index (χ0v) is 17.2. The fourth-order valence-electron chi connectivity index (χ4n) is 2.80. The van der Waals surface area contributed by atoms with Crippen molar-refractivity contribution in [3.8, 4) is 17.1 Å². The van der Waals surface area contributed by atoms with Crippen molar-refractivity contribution in [3.05, 3.63) is 56.8 Å². The van der Waals surface area contributed by atoms with Crippen LogP contribution in [0.1, 0.15) is 22.2 Å². The first kappa shape index (κ1) is 18.7. The highest BCUT2D eigenvalue weighted by molar-refractivity contribution is 7.97. The van der Waals surface area contributed by atoms with E-state index in [-0.39, 0.29) is 5.56 Å². The van der Waals surface area contributed by atoms with Crippen LogP contribution < -0.4 is 10.3 Å². The van der Waals surface area contributed by atoms with E-state index in [0.29, 0.717) is 34.4 Å². The Labute approximate surface area is 169 Å². The van der Waals surface area contributed by atoms with Crippen molar-refractivity contribution in [2.24, 2.45) is 0 Å². The lowest BCUT2D eigenvalue weighted by atomic mass is 10.2. The van der Waals surface area contributed by atoms with Gasteiger partial charge in [-0.15, -0.1) is 23.1 Å². The molecule has 1 aromatic carbocycles. The molecule has 0 aliphatic rings. The molecule has 0 bridgehead atoms. The summed E-state index contributed by atoms with van der Waals surface area (Å²) in [6.07, 6.45) is 0. The second-order valence-electron chi connectivity index (χ2n) is 6.21. The number of aromatic amines is 1. The molecule has 0 unspecified atom stereocenters. The van der Waals surface area contributed by atoms with Crippen molar-refractivity contribution in [3.63, 3.8) is 0 Å². The number of nitrogens with zero attached hydrogens (tertiary/aromatic N) is 3. The number of thiophene rings is 1. The number of nitrogens with one attached hydrogen (secondary N) is 1. The molecule has 7 nitrogen and oxygen atoms in total. The lowest BCUT2D eigenvalue weighted by Gasteiger charge is -2.00. The summed E-state index contributed by atoms with van der Waals surface area (Å²) in [5.74, 6) is 3.51. The fourth-order valence-corrected chi connectivity index (χ4v) is 4.57. The minimum absolute atomic E-state index is 0.0828. The van der Waals surface area contributed by atoms with Crippen molar-refractivity contribution in [2.75, 3.05) is 7.11 Å². The molecule has 0 radical (unpaired) electrons. The largest absolute Gasteiger partial charge is 0.497 e. The summed E-state index contributed by atoms with van der Waals surface area (Å²) < 4.78 is 10.6. The number of H-pyrrole nitrogens is 1. The predicted molar refractivity (Wildman–Crippen MR) is 111 cm³/mol. The molecule has 3 aromatic heterocycles. The Bertz CT molecular complexity index is 1200. The molecule has 0 atom stereocenters. The Morgan fingerprint density at radius 3 is 2.93 bits per heavy atom. The first-order valence-corrected chi connectivity index (χ1v) is 10.6. The van der Waals surface area contributed by atoms with Crippen LogP contribution in [0.15, 0.2) is 33.6 Å². The molecule has 0 aliphatic carbocycles. The lowest BCUT2D eigenvalue weighted by Crippen LogP contribution is -2.10. The predicted octanol–water partition coefficient (Wildman–Crippen LogP) is 4.09. The van der Waals surface area contributed by atoms with Gasteiger partial charge in [0.15, 0.2) is 0 Å². The molecular formula is C19H18N4O3S2. The van der Waals surface area contributed by atoms with E-state index in [9.17, 15) is 4.79 Å². The van der Waals surface area contributed by atoms with E-state index in [4.69, 9.17) is 9.26 Å². The Kier molecular flexibility index (Phi) is 5.19. The maximum absolute atomic E-state index is 12.3. The van der Waals surface area contributed by atoms with Crippen molar-refractivity contribution >= 4 is 33.3 Å². The van der Waals surface area contributed by atoms with E-state index in [1.54, 1.807) is 30.2 Å². The molecule has 0 amide bonds. The van der Waals surface area contributed by atoms with Crippen LogP contribution >= 0.6 is 23.1 Å². The van der Waals surface area contributed by atoms with Crippen LogP contribution in [0.3, 0.4) is 0 Å². The van der Waals surface area contributed by atoms with Gasteiger partial charge >= 0.3 is 0 Å². The smallest absolute Gasteiger partial charge is 0.259 e. The van der Waals surface area contributed by atoms with Gasteiger partial charge in [-0.1, -0.05) is 17.3 Å². The van der Waals surface area contributed by atoms with Crippen LogP contribution in [0.5, 0.6) is 5.75 Å². The van der Waals surface area contributed by atoms with Gasteiger partial charge in [0.1, 0.15) is 16.4 Å². The Morgan fingerprint density at radius 2 is 2.11 bits per heavy atom. The van der Waals surface area contributed by atoms with Gasteiger partial charge in [0.2, 0.25) is 11.7 Å². The van der Waals surface area contributed by atoms with Crippen molar-refractivity contribution in [2.45, 2.75) is 25.4 Å². The van der Waals surface area contributed by atoms with Crippen LogP contribution in [-0.2, 0) is 11.5 Å². The highest BCUT2D eigenvalue weighted by Gasteiger charge is 2.13. The van der Waals surface area contributed by atoms with Crippen LogP contribution in [-0.4, -0.2) is 27.2 Å². The topological polar surface area (TPSA) is 93.9 Å². The van der Waals surface area contributed by atoms with Crippen LogP contribution in [0.2, 0.25) is 0 Å². The number of aryl methyl sites for hydroxylation is 2. The zero-order chi connectivity index (χ0) is 19.7. The number of hydrogen-bond acceptors (Lipinski definition) is 8. The summed E-state index contributed by atoms with van der Waals surface area (Å²) >= 11 is 3.10. The number of fused-ring (bicyclic) bond motifs is 1. The summed E-state index contributed by atoms with van der Waals surface area (Å²) in [6.45, 7) is 3.96. The normalized spacial score (nSPS) is 11.2. The number of aromatic nitrogens is 4. The van der Waals surface area contributed by atoms with Gasteiger partial charge in [-0.25, -0.2) is 4.98 Å². The van der Waals surface area contributed by atoms with Gasteiger partial charge in [0.05, 0.1) is 24.0 Å². The highest BCUT2D eigenvalue weighted by atomic mass is 32.2. The maximum Gasteiger partial charge on any atom is 0.259 e. The standard InChI is InChI=1S/C19H18N4O3S2/c1-10-11(2)28-19-16(10)18(24)20-14(21-19)8-27-9-15-22-17(23-26-15)12-5-4-6-13(7-12)25-3/h4-7H,8-9H2,1-3H3,(H,20,21,24). The first-order valence-electron chi connectivity index (χ1n) is 8.59. The highest BCUT2D eigenvalue weighted by Crippen LogP contribution is 2.27.